The maximum absolute atomic E-state index is 12.5. The summed E-state index contributed by atoms with van der Waals surface area (Å²) in [5, 5.41) is 11.6. The molecule has 1 aromatic rings. The van der Waals surface area contributed by atoms with Gasteiger partial charge in [-0.15, -0.1) is 0 Å². The summed E-state index contributed by atoms with van der Waals surface area (Å²) < 4.78 is 6.13. The fourth-order valence-electron chi connectivity index (χ4n) is 2.05. The van der Waals surface area contributed by atoms with Crippen LogP contribution in [0, 0.1) is 6.92 Å². The van der Waals surface area contributed by atoms with Crippen LogP contribution in [0.3, 0.4) is 0 Å². The van der Waals surface area contributed by atoms with Gasteiger partial charge in [-0.3, -0.25) is 4.79 Å². The molecule has 6 nitrogen and oxygen atoms in total. The fourth-order valence-corrected chi connectivity index (χ4v) is 2.47. The van der Waals surface area contributed by atoms with Crippen LogP contribution in [0.25, 0.3) is 0 Å². The van der Waals surface area contributed by atoms with Crippen molar-refractivity contribution in [2.45, 2.75) is 13.0 Å². The number of carbonyl (C=O) groups excluding carboxylic acids is 1. The van der Waals surface area contributed by atoms with E-state index in [1.165, 1.54) is 0 Å². The molecule has 1 amide bonds. The summed E-state index contributed by atoms with van der Waals surface area (Å²) in [5.74, 6) is -0.120. The van der Waals surface area contributed by atoms with Gasteiger partial charge < -0.3 is 20.6 Å². The Balaban J connectivity index is 2.18. The topological polar surface area (TPSA) is 88.2 Å². The Bertz CT molecular complexity index is 548. The number of rotatable bonds is 2. The van der Waals surface area contributed by atoms with Crippen LogP contribution in [-0.2, 0) is 4.74 Å². The predicted octanol–water partition coefficient (Wildman–Crippen LogP) is 1.34. The third-order valence-corrected chi connectivity index (χ3v) is 3.84. The number of halogens is 1. The number of nitrogens with two attached hydrogens (primary N) is 1. The molecule has 1 aliphatic rings. The molecule has 0 aliphatic carbocycles. The maximum Gasteiger partial charge on any atom is 0.255 e. The quantitative estimate of drug-likeness (QED) is 0.368. The second kappa shape index (κ2) is 6.23. The van der Waals surface area contributed by atoms with Crippen molar-refractivity contribution in [3.63, 3.8) is 0 Å². The molecule has 1 aliphatic heterocycles. The van der Waals surface area contributed by atoms with Gasteiger partial charge in [-0.05, 0) is 35.0 Å². The molecular formula is C13H16BrN3O3. The Hall–Kier alpha value is -1.60. The number of aryl methyl sites for hydroxylation is 1. The number of ether oxygens (including phenoxy) is 1. The van der Waals surface area contributed by atoms with Crippen LogP contribution in [0.1, 0.15) is 15.9 Å². The summed E-state index contributed by atoms with van der Waals surface area (Å²) in [7, 11) is 0. The van der Waals surface area contributed by atoms with Crippen molar-refractivity contribution in [2.24, 2.45) is 10.9 Å². The summed E-state index contributed by atoms with van der Waals surface area (Å²) in [6, 6.07) is 5.61. The Kier molecular flexibility index (Phi) is 4.61. The van der Waals surface area contributed by atoms with Gasteiger partial charge in [0.25, 0.3) is 5.91 Å². The smallest absolute Gasteiger partial charge is 0.255 e. The Morgan fingerprint density at radius 2 is 2.35 bits per heavy atom. The lowest BCUT2D eigenvalue weighted by molar-refractivity contribution is 0.00671. The minimum atomic E-state index is -0.568. The van der Waals surface area contributed by atoms with Crippen molar-refractivity contribution >= 4 is 27.7 Å². The zero-order chi connectivity index (χ0) is 14.7. The van der Waals surface area contributed by atoms with Crippen molar-refractivity contribution in [1.29, 1.82) is 0 Å². The molecule has 1 aromatic carbocycles. The molecule has 1 heterocycles. The lowest BCUT2D eigenvalue weighted by Crippen LogP contribution is -2.50. The van der Waals surface area contributed by atoms with Gasteiger partial charge in [0.05, 0.1) is 18.7 Å². The first kappa shape index (κ1) is 14.8. The van der Waals surface area contributed by atoms with Crippen LogP contribution in [0.4, 0.5) is 0 Å². The number of nitrogens with zero attached hydrogens (tertiary/aromatic N) is 2. The first-order valence-electron chi connectivity index (χ1n) is 6.17. The number of amides is 1. The number of carbonyl (C=O) groups is 1. The van der Waals surface area contributed by atoms with Gasteiger partial charge in [0.2, 0.25) is 0 Å². The standard InChI is InChI=1S/C13H16BrN3O3/c1-8-2-3-10(14)9(6-8)13(18)17-4-5-20-11(7-17)12(15)16-19/h2-3,6,11,19H,4-5,7H2,1H3,(H2,15,16). The lowest BCUT2D eigenvalue weighted by Gasteiger charge is -2.32. The Labute approximate surface area is 125 Å². The van der Waals surface area contributed by atoms with Gasteiger partial charge in [0, 0.05) is 11.0 Å². The molecule has 0 spiro atoms. The number of morpholine rings is 1. The molecule has 2 rings (SSSR count). The van der Waals surface area contributed by atoms with E-state index in [1.807, 2.05) is 25.1 Å². The first-order chi connectivity index (χ1) is 9.52. The predicted molar refractivity (Wildman–Crippen MR) is 77.9 cm³/mol. The molecule has 1 fully saturated rings. The van der Waals surface area contributed by atoms with Crippen molar-refractivity contribution in [3.8, 4) is 0 Å². The number of benzene rings is 1. The van der Waals surface area contributed by atoms with E-state index in [1.54, 1.807) is 4.90 Å². The van der Waals surface area contributed by atoms with Crippen molar-refractivity contribution in [3.05, 3.63) is 33.8 Å². The van der Waals surface area contributed by atoms with E-state index in [0.29, 0.717) is 18.7 Å². The SMILES string of the molecule is Cc1ccc(Br)c(C(=O)N2CCOC(/C(N)=N/O)C2)c1. The molecule has 0 radical (unpaired) electrons. The molecule has 1 unspecified atom stereocenters. The summed E-state index contributed by atoms with van der Waals surface area (Å²) in [5.41, 5.74) is 7.14. The van der Waals surface area contributed by atoms with Crippen LogP contribution < -0.4 is 5.73 Å². The third-order valence-electron chi connectivity index (χ3n) is 3.15. The fraction of sp³-hybridized carbons (Fsp3) is 0.385. The third kappa shape index (κ3) is 3.10. The van der Waals surface area contributed by atoms with Gasteiger partial charge in [0.1, 0.15) is 6.10 Å². The second-order valence-corrected chi connectivity index (χ2v) is 5.47. The molecule has 1 saturated heterocycles. The van der Waals surface area contributed by atoms with Crippen molar-refractivity contribution in [1.82, 2.24) is 4.90 Å². The van der Waals surface area contributed by atoms with Crippen LogP contribution >= 0.6 is 15.9 Å². The number of oxime groups is 1. The number of hydrogen-bond donors (Lipinski definition) is 2. The van der Waals surface area contributed by atoms with Gasteiger partial charge in [-0.25, -0.2) is 0 Å². The largest absolute Gasteiger partial charge is 0.409 e. The van der Waals surface area contributed by atoms with Gasteiger partial charge in [-0.1, -0.05) is 16.8 Å². The molecule has 108 valence electrons. The molecule has 3 N–H and O–H groups in total. The highest BCUT2D eigenvalue weighted by Gasteiger charge is 2.28. The van der Waals surface area contributed by atoms with E-state index < -0.39 is 6.10 Å². The normalized spacial score (nSPS) is 20.0. The zero-order valence-electron chi connectivity index (χ0n) is 11.0. The second-order valence-electron chi connectivity index (χ2n) is 4.62. The highest BCUT2D eigenvalue weighted by Crippen LogP contribution is 2.21. The van der Waals surface area contributed by atoms with Crippen LogP contribution in [0.5, 0.6) is 0 Å². The molecule has 0 saturated carbocycles. The summed E-state index contributed by atoms with van der Waals surface area (Å²) in [6.45, 7) is 3.04. The molecule has 1 atom stereocenters. The number of hydrogen-bond acceptors (Lipinski definition) is 4. The van der Waals surface area contributed by atoms with Crippen molar-refractivity contribution < 1.29 is 14.7 Å². The molecule has 20 heavy (non-hydrogen) atoms. The molecule has 0 aromatic heterocycles. The van der Waals surface area contributed by atoms with Crippen molar-refractivity contribution in [2.75, 3.05) is 19.7 Å². The number of amidine groups is 1. The maximum atomic E-state index is 12.5. The average Bonchev–Trinajstić information content (AvgIpc) is 2.48. The van der Waals surface area contributed by atoms with Gasteiger partial charge in [0.15, 0.2) is 5.84 Å². The first-order valence-corrected chi connectivity index (χ1v) is 6.96. The molecule has 0 bridgehead atoms. The summed E-state index contributed by atoms with van der Waals surface area (Å²) in [6.07, 6.45) is -0.568. The van der Waals surface area contributed by atoms with Gasteiger partial charge >= 0.3 is 0 Å². The van der Waals surface area contributed by atoms with E-state index in [-0.39, 0.29) is 18.3 Å². The van der Waals surface area contributed by atoms with E-state index in [0.717, 1.165) is 10.0 Å². The lowest BCUT2D eigenvalue weighted by atomic mass is 10.1. The minimum Gasteiger partial charge on any atom is -0.409 e. The Morgan fingerprint density at radius 3 is 3.05 bits per heavy atom. The van der Waals surface area contributed by atoms with E-state index >= 15 is 0 Å². The highest BCUT2D eigenvalue weighted by molar-refractivity contribution is 9.10. The van der Waals surface area contributed by atoms with Crippen LogP contribution in [0.2, 0.25) is 0 Å². The monoisotopic (exact) mass is 341 g/mol. The van der Waals surface area contributed by atoms with E-state index in [2.05, 4.69) is 21.1 Å². The summed E-state index contributed by atoms with van der Waals surface area (Å²) >= 11 is 3.39. The van der Waals surface area contributed by atoms with E-state index in [9.17, 15) is 4.79 Å². The Morgan fingerprint density at radius 1 is 1.60 bits per heavy atom. The summed E-state index contributed by atoms with van der Waals surface area (Å²) in [4.78, 5) is 14.2. The van der Waals surface area contributed by atoms with Crippen LogP contribution in [-0.4, -0.2) is 47.7 Å². The van der Waals surface area contributed by atoms with Crippen LogP contribution in [0.15, 0.2) is 27.8 Å². The van der Waals surface area contributed by atoms with Gasteiger partial charge in [-0.2, -0.15) is 0 Å². The minimum absolute atomic E-state index is 0.0224. The molecular weight excluding hydrogens is 326 g/mol. The highest BCUT2D eigenvalue weighted by atomic mass is 79.9. The van der Waals surface area contributed by atoms with E-state index in [4.69, 9.17) is 15.7 Å². The average molecular weight is 342 g/mol. The molecule has 7 heteroatoms. The zero-order valence-corrected chi connectivity index (χ0v) is 12.6.